The van der Waals surface area contributed by atoms with Gasteiger partial charge in [0.2, 0.25) is 5.91 Å². The predicted octanol–water partition coefficient (Wildman–Crippen LogP) is 2.36. The highest BCUT2D eigenvalue weighted by Crippen LogP contribution is 2.25. The molecule has 3 nitrogen and oxygen atoms in total. The molecule has 0 heterocycles. The number of fused-ring (bicyclic) bond motifs is 1. The number of benzene rings is 2. The summed E-state index contributed by atoms with van der Waals surface area (Å²) in [6.45, 7) is 1.80. The fraction of sp³-hybridized carbons (Fsp3) is 0.214. The number of phenolic OH excluding ortho intramolecular Hbond substituents is 1. The van der Waals surface area contributed by atoms with Gasteiger partial charge < -0.3 is 10.4 Å². The van der Waals surface area contributed by atoms with E-state index >= 15 is 0 Å². The van der Waals surface area contributed by atoms with Crippen LogP contribution in [-0.4, -0.2) is 17.6 Å². The Bertz CT molecular complexity index is 590. The van der Waals surface area contributed by atoms with E-state index in [4.69, 9.17) is 0 Å². The number of carbonyl (C=O) groups is 1. The Kier molecular flexibility index (Phi) is 3.46. The fourth-order valence-corrected chi connectivity index (χ4v) is 1.96. The van der Waals surface area contributed by atoms with Gasteiger partial charge in [0.25, 0.3) is 0 Å². The Morgan fingerprint density at radius 3 is 2.78 bits per heavy atom. The van der Waals surface area contributed by atoms with Gasteiger partial charge in [-0.3, -0.25) is 4.79 Å². The third-order valence-corrected chi connectivity index (χ3v) is 2.81. The largest absolute Gasteiger partial charge is 0.508 e. The van der Waals surface area contributed by atoms with Crippen molar-refractivity contribution in [2.24, 2.45) is 0 Å². The predicted molar refractivity (Wildman–Crippen MR) is 68.0 cm³/mol. The van der Waals surface area contributed by atoms with E-state index < -0.39 is 0 Å². The van der Waals surface area contributed by atoms with Gasteiger partial charge in [0.15, 0.2) is 0 Å². The van der Waals surface area contributed by atoms with Crippen molar-refractivity contribution in [3.8, 4) is 5.75 Å². The second-order valence-electron chi connectivity index (χ2n) is 4.16. The summed E-state index contributed by atoms with van der Waals surface area (Å²) in [5, 5.41) is 13.6. The van der Waals surface area contributed by atoms with Gasteiger partial charge in [0.1, 0.15) is 11.6 Å². The zero-order valence-corrected chi connectivity index (χ0v) is 10.0. The molecule has 2 rings (SSSR count). The van der Waals surface area contributed by atoms with Crippen molar-refractivity contribution in [3.05, 3.63) is 41.7 Å². The summed E-state index contributed by atoms with van der Waals surface area (Å²) in [7, 11) is 0. The molecule has 94 valence electrons. The van der Waals surface area contributed by atoms with Gasteiger partial charge in [-0.25, -0.2) is 4.39 Å². The van der Waals surface area contributed by atoms with Gasteiger partial charge in [-0.1, -0.05) is 12.1 Å². The number of hydrogen-bond donors (Lipinski definition) is 2. The van der Waals surface area contributed by atoms with Crippen LogP contribution in [0.15, 0.2) is 30.3 Å². The van der Waals surface area contributed by atoms with Crippen molar-refractivity contribution in [1.82, 2.24) is 5.32 Å². The lowest BCUT2D eigenvalue weighted by Crippen LogP contribution is -2.22. The minimum atomic E-state index is -0.321. The highest BCUT2D eigenvalue weighted by atomic mass is 19.1. The molecule has 4 heteroatoms. The number of rotatable bonds is 3. The average Bonchev–Trinajstić information content (AvgIpc) is 2.31. The van der Waals surface area contributed by atoms with E-state index in [0.717, 1.165) is 5.39 Å². The summed E-state index contributed by atoms with van der Waals surface area (Å²) >= 11 is 0. The molecule has 0 fully saturated rings. The van der Waals surface area contributed by atoms with E-state index in [1.54, 1.807) is 24.3 Å². The highest BCUT2D eigenvalue weighted by Gasteiger charge is 2.08. The van der Waals surface area contributed by atoms with Crippen LogP contribution in [0.1, 0.15) is 12.5 Å². The summed E-state index contributed by atoms with van der Waals surface area (Å²) in [5.74, 6) is -0.356. The Hall–Kier alpha value is -2.10. The van der Waals surface area contributed by atoms with Gasteiger partial charge in [-0.05, 0) is 41.0 Å². The Labute approximate surface area is 104 Å². The number of amides is 1. The van der Waals surface area contributed by atoms with Gasteiger partial charge in [0, 0.05) is 13.5 Å². The van der Waals surface area contributed by atoms with Crippen molar-refractivity contribution < 1.29 is 14.3 Å². The van der Waals surface area contributed by atoms with Crippen LogP contribution in [0.2, 0.25) is 0 Å². The first kappa shape index (κ1) is 12.4. The van der Waals surface area contributed by atoms with Crippen molar-refractivity contribution in [3.63, 3.8) is 0 Å². The molecule has 0 aliphatic heterocycles. The summed E-state index contributed by atoms with van der Waals surface area (Å²) < 4.78 is 13.8. The topological polar surface area (TPSA) is 49.3 Å². The minimum Gasteiger partial charge on any atom is -0.508 e. The molecule has 0 aliphatic rings. The standard InChI is InChI=1S/C14H14FNO2/c1-9(17)16-7-6-12-13-8-11(18)4-2-10(13)3-5-14(12)15/h2-5,8,18H,6-7H2,1H3,(H,16,17). The van der Waals surface area contributed by atoms with Crippen LogP contribution in [0, 0.1) is 5.82 Å². The molecular weight excluding hydrogens is 233 g/mol. The van der Waals surface area contributed by atoms with E-state index in [1.807, 2.05) is 0 Å². The van der Waals surface area contributed by atoms with E-state index in [2.05, 4.69) is 5.32 Å². The molecule has 0 unspecified atom stereocenters. The Morgan fingerprint density at radius 1 is 1.33 bits per heavy atom. The quantitative estimate of drug-likeness (QED) is 0.874. The summed E-state index contributed by atoms with van der Waals surface area (Å²) in [4.78, 5) is 10.8. The summed E-state index contributed by atoms with van der Waals surface area (Å²) in [6, 6.07) is 7.93. The molecule has 0 bridgehead atoms. The molecule has 18 heavy (non-hydrogen) atoms. The third kappa shape index (κ3) is 2.59. The number of carbonyl (C=O) groups excluding carboxylic acids is 1. The lowest BCUT2D eigenvalue weighted by atomic mass is 10.0. The van der Waals surface area contributed by atoms with Gasteiger partial charge in [-0.2, -0.15) is 0 Å². The van der Waals surface area contributed by atoms with Crippen molar-refractivity contribution in [2.75, 3.05) is 6.54 Å². The van der Waals surface area contributed by atoms with Crippen molar-refractivity contribution in [2.45, 2.75) is 13.3 Å². The Morgan fingerprint density at radius 2 is 2.06 bits per heavy atom. The first-order valence-corrected chi connectivity index (χ1v) is 5.72. The summed E-state index contributed by atoms with van der Waals surface area (Å²) in [5.41, 5.74) is 0.511. The summed E-state index contributed by atoms with van der Waals surface area (Å²) in [6.07, 6.45) is 0.395. The number of halogens is 1. The zero-order valence-electron chi connectivity index (χ0n) is 10.0. The molecule has 0 radical (unpaired) electrons. The molecule has 0 aromatic heterocycles. The van der Waals surface area contributed by atoms with Crippen LogP contribution in [0.25, 0.3) is 10.8 Å². The molecule has 2 aromatic carbocycles. The van der Waals surface area contributed by atoms with E-state index in [1.165, 1.54) is 13.0 Å². The Balaban J connectivity index is 2.37. The van der Waals surface area contributed by atoms with E-state index in [9.17, 15) is 14.3 Å². The second kappa shape index (κ2) is 5.04. The average molecular weight is 247 g/mol. The van der Waals surface area contributed by atoms with Crippen LogP contribution in [0.3, 0.4) is 0 Å². The maximum atomic E-state index is 13.8. The van der Waals surface area contributed by atoms with Crippen LogP contribution in [-0.2, 0) is 11.2 Å². The van der Waals surface area contributed by atoms with E-state index in [0.29, 0.717) is 23.9 Å². The van der Waals surface area contributed by atoms with E-state index in [-0.39, 0.29) is 17.5 Å². The monoisotopic (exact) mass is 247 g/mol. The maximum absolute atomic E-state index is 13.8. The van der Waals surface area contributed by atoms with Gasteiger partial charge >= 0.3 is 0 Å². The maximum Gasteiger partial charge on any atom is 0.216 e. The molecule has 0 saturated carbocycles. The lowest BCUT2D eigenvalue weighted by Gasteiger charge is -2.09. The normalized spacial score (nSPS) is 10.6. The number of aromatic hydroxyl groups is 1. The first-order chi connectivity index (χ1) is 8.58. The molecule has 2 N–H and O–H groups in total. The van der Waals surface area contributed by atoms with Gasteiger partial charge in [-0.15, -0.1) is 0 Å². The minimum absolute atomic E-state index is 0.105. The second-order valence-corrected chi connectivity index (χ2v) is 4.16. The third-order valence-electron chi connectivity index (χ3n) is 2.81. The molecule has 2 aromatic rings. The molecular formula is C14H14FNO2. The number of phenols is 1. The molecule has 0 spiro atoms. The van der Waals surface area contributed by atoms with Crippen LogP contribution in [0.5, 0.6) is 5.75 Å². The van der Waals surface area contributed by atoms with Crippen LogP contribution in [0.4, 0.5) is 4.39 Å². The molecule has 0 saturated heterocycles. The number of hydrogen-bond acceptors (Lipinski definition) is 2. The molecule has 0 aliphatic carbocycles. The molecule has 0 atom stereocenters. The fourth-order valence-electron chi connectivity index (χ4n) is 1.96. The van der Waals surface area contributed by atoms with Crippen molar-refractivity contribution >= 4 is 16.7 Å². The molecule has 1 amide bonds. The van der Waals surface area contributed by atoms with Crippen molar-refractivity contribution in [1.29, 1.82) is 0 Å². The van der Waals surface area contributed by atoms with Crippen LogP contribution < -0.4 is 5.32 Å². The lowest BCUT2D eigenvalue weighted by molar-refractivity contribution is -0.118. The van der Waals surface area contributed by atoms with Crippen LogP contribution >= 0.6 is 0 Å². The highest BCUT2D eigenvalue weighted by molar-refractivity contribution is 5.87. The van der Waals surface area contributed by atoms with Gasteiger partial charge in [0.05, 0.1) is 0 Å². The zero-order chi connectivity index (χ0) is 13.1. The number of nitrogens with one attached hydrogen (secondary N) is 1. The first-order valence-electron chi connectivity index (χ1n) is 5.72. The smallest absolute Gasteiger partial charge is 0.216 e. The SMILES string of the molecule is CC(=O)NCCc1c(F)ccc2ccc(O)cc12.